The minimum absolute atomic E-state index is 0.164. The fourth-order valence-electron chi connectivity index (χ4n) is 3.39. The number of nitrogens with one attached hydrogen (secondary N) is 1. The summed E-state index contributed by atoms with van der Waals surface area (Å²) in [5, 5.41) is 14.9. The number of thiophene rings is 1. The molecule has 0 aliphatic carbocycles. The van der Waals surface area contributed by atoms with Gasteiger partial charge in [-0.15, -0.1) is 11.3 Å². The number of ether oxygens (including phenoxy) is 1. The van der Waals surface area contributed by atoms with Crippen molar-refractivity contribution >= 4 is 39.6 Å². The van der Waals surface area contributed by atoms with E-state index in [0.29, 0.717) is 35.3 Å². The maximum absolute atomic E-state index is 11.5. The van der Waals surface area contributed by atoms with Crippen molar-refractivity contribution in [1.82, 2.24) is 9.97 Å². The van der Waals surface area contributed by atoms with E-state index in [9.17, 15) is 9.90 Å². The molecule has 0 aliphatic rings. The van der Waals surface area contributed by atoms with Crippen LogP contribution in [0.3, 0.4) is 0 Å². The summed E-state index contributed by atoms with van der Waals surface area (Å²) in [4.78, 5) is 20.9. The van der Waals surface area contributed by atoms with Crippen molar-refractivity contribution in [3.63, 3.8) is 0 Å². The molecule has 4 N–H and O–H groups in total. The van der Waals surface area contributed by atoms with E-state index in [1.165, 1.54) is 6.33 Å². The predicted octanol–water partition coefficient (Wildman–Crippen LogP) is 4.69. The molecule has 0 amide bonds. The summed E-state index contributed by atoms with van der Waals surface area (Å²) in [5.74, 6) is 0.00238. The van der Waals surface area contributed by atoms with Crippen LogP contribution in [0.25, 0.3) is 21.3 Å². The second kappa shape index (κ2) is 9.01. The van der Waals surface area contributed by atoms with Crippen molar-refractivity contribution in [1.29, 1.82) is 0 Å². The minimum Gasteiger partial charge on any atom is -0.492 e. The van der Waals surface area contributed by atoms with E-state index in [-0.39, 0.29) is 4.88 Å². The quantitative estimate of drug-likeness (QED) is 0.345. The van der Waals surface area contributed by atoms with Crippen molar-refractivity contribution in [2.45, 2.75) is 13.3 Å². The zero-order valence-corrected chi connectivity index (χ0v) is 17.8. The summed E-state index contributed by atoms with van der Waals surface area (Å²) < 4.78 is 5.45. The van der Waals surface area contributed by atoms with Gasteiger partial charge in [0.15, 0.2) is 4.88 Å². The molecular weight excluding hydrogens is 412 g/mol. The molecule has 4 rings (SSSR count). The summed E-state index contributed by atoms with van der Waals surface area (Å²) in [6.45, 7) is 2.86. The van der Waals surface area contributed by atoms with Crippen LogP contribution in [0.1, 0.15) is 22.2 Å². The molecule has 0 saturated carbocycles. The molecule has 158 valence electrons. The van der Waals surface area contributed by atoms with Crippen LogP contribution in [-0.2, 0) is 6.42 Å². The number of fused-ring (bicyclic) bond motifs is 1. The molecule has 7 nitrogen and oxygen atoms in total. The fourth-order valence-corrected chi connectivity index (χ4v) is 4.29. The normalized spacial score (nSPS) is 10.9. The maximum atomic E-state index is 11.5. The molecule has 4 aromatic rings. The van der Waals surface area contributed by atoms with Crippen molar-refractivity contribution in [3.8, 4) is 16.3 Å². The van der Waals surface area contributed by atoms with Gasteiger partial charge in [0, 0.05) is 29.8 Å². The largest absolute Gasteiger partial charge is 0.492 e. The van der Waals surface area contributed by atoms with Gasteiger partial charge in [-0.25, -0.2) is 14.8 Å². The monoisotopic (exact) mass is 434 g/mol. The van der Waals surface area contributed by atoms with E-state index >= 15 is 0 Å². The third-order valence-corrected chi connectivity index (χ3v) is 6.00. The molecule has 0 radical (unpaired) electrons. The van der Waals surface area contributed by atoms with Gasteiger partial charge >= 0.3 is 5.97 Å². The number of aromatic carboxylic acids is 1. The molecule has 0 saturated heterocycles. The van der Waals surface area contributed by atoms with E-state index < -0.39 is 5.97 Å². The average Bonchev–Trinajstić information content (AvgIpc) is 3.20. The number of rotatable bonds is 8. The number of anilines is 2. The Morgan fingerprint density at radius 2 is 2.03 bits per heavy atom. The molecule has 2 aromatic carbocycles. The summed E-state index contributed by atoms with van der Waals surface area (Å²) in [6.07, 6.45) is 2.20. The summed E-state index contributed by atoms with van der Waals surface area (Å²) in [5.41, 5.74) is 8.87. The Labute approximate surface area is 183 Å². The van der Waals surface area contributed by atoms with Gasteiger partial charge in [0.1, 0.15) is 17.9 Å². The van der Waals surface area contributed by atoms with Gasteiger partial charge in [0.05, 0.1) is 17.2 Å². The number of carboxylic acids is 1. The molecule has 0 spiro atoms. The summed E-state index contributed by atoms with van der Waals surface area (Å²) in [7, 11) is 0. The van der Waals surface area contributed by atoms with Crippen LogP contribution in [0.2, 0.25) is 0 Å². The van der Waals surface area contributed by atoms with Crippen LogP contribution in [0, 0.1) is 0 Å². The SMILES string of the molecule is CCOc1cc(-c2cc(NCCc3ccc4ccccc4c3N)ncn2)sc1C(=O)O. The molecule has 0 fully saturated rings. The number of nitrogens with two attached hydrogens (primary N) is 1. The third kappa shape index (κ3) is 4.44. The number of carboxylic acid groups (broad SMARTS) is 1. The Hall–Kier alpha value is -3.65. The number of carbonyl (C=O) groups is 1. The molecular formula is C23H22N4O3S. The van der Waals surface area contributed by atoms with Crippen molar-refractivity contribution < 1.29 is 14.6 Å². The standard InChI is InChI=1S/C23H22N4O3S/c1-2-30-18-12-19(31-22(18)23(28)29)17-11-20(27-13-26-17)25-10-9-15-8-7-14-5-3-4-6-16(14)21(15)24/h3-8,11-13H,2,9-10,24H2,1H3,(H,28,29)(H,25,26,27). The highest BCUT2D eigenvalue weighted by Gasteiger charge is 2.18. The number of nitrogen functional groups attached to an aromatic ring is 1. The third-order valence-electron chi connectivity index (χ3n) is 4.87. The first kappa shape index (κ1) is 20.6. The first-order valence-electron chi connectivity index (χ1n) is 9.89. The van der Waals surface area contributed by atoms with Gasteiger partial charge in [-0.05, 0) is 24.3 Å². The second-order valence-electron chi connectivity index (χ2n) is 6.87. The molecule has 0 bridgehead atoms. The van der Waals surface area contributed by atoms with Crippen molar-refractivity contribution in [2.24, 2.45) is 0 Å². The summed E-state index contributed by atoms with van der Waals surface area (Å²) >= 11 is 1.13. The first-order valence-corrected chi connectivity index (χ1v) is 10.7. The lowest BCUT2D eigenvalue weighted by atomic mass is 10.0. The molecule has 31 heavy (non-hydrogen) atoms. The molecule has 2 heterocycles. The lowest BCUT2D eigenvalue weighted by Crippen LogP contribution is -2.08. The Morgan fingerprint density at radius 1 is 1.19 bits per heavy atom. The Morgan fingerprint density at radius 3 is 2.84 bits per heavy atom. The van der Waals surface area contributed by atoms with Gasteiger partial charge < -0.3 is 20.9 Å². The fraction of sp³-hybridized carbons (Fsp3) is 0.174. The molecule has 0 atom stereocenters. The lowest BCUT2D eigenvalue weighted by molar-refractivity contribution is 0.0698. The highest BCUT2D eigenvalue weighted by atomic mass is 32.1. The number of hydrogen-bond acceptors (Lipinski definition) is 7. The second-order valence-corrected chi connectivity index (χ2v) is 7.92. The van der Waals surface area contributed by atoms with Gasteiger partial charge in [-0.3, -0.25) is 0 Å². The first-order chi connectivity index (χ1) is 15.1. The number of benzene rings is 2. The highest BCUT2D eigenvalue weighted by molar-refractivity contribution is 7.17. The van der Waals surface area contributed by atoms with E-state index in [1.807, 2.05) is 31.2 Å². The van der Waals surface area contributed by atoms with Gasteiger partial charge in [-0.2, -0.15) is 0 Å². The van der Waals surface area contributed by atoms with Crippen LogP contribution in [0.5, 0.6) is 5.75 Å². The van der Waals surface area contributed by atoms with Crippen LogP contribution in [-0.4, -0.2) is 34.2 Å². The van der Waals surface area contributed by atoms with Crippen molar-refractivity contribution in [3.05, 3.63) is 65.3 Å². The van der Waals surface area contributed by atoms with Crippen molar-refractivity contribution in [2.75, 3.05) is 24.2 Å². The molecule has 2 aromatic heterocycles. The topological polar surface area (TPSA) is 110 Å². The van der Waals surface area contributed by atoms with Crippen LogP contribution in [0.15, 0.2) is 54.9 Å². The average molecular weight is 435 g/mol. The van der Waals surface area contributed by atoms with Gasteiger partial charge in [0.25, 0.3) is 0 Å². The van der Waals surface area contributed by atoms with Gasteiger partial charge in [0.2, 0.25) is 0 Å². The van der Waals surface area contributed by atoms with E-state index in [4.69, 9.17) is 10.5 Å². The smallest absolute Gasteiger partial charge is 0.349 e. The lowest BCUT2D eigenvalue weighted by Gasteiger charge is -2.10. The van der Waals surface area contributed by atoms with Gasteiger partial charge in [-0.1, -0.05) is 36.4 Å². The summed E-state index contributed by atoms with van der Waals surface area (Å²) in [6, 6.07) is 15.7. The zero-order chi connectivity index (χ0) is 21.8. The maximum Gasteiger partial charge on any atom is 0.349 e. The van der Waals surface area contributed by atoms with E-state index in [2.05, 4.69) is 27.4 Å². The molecule has 0 unspecified atom stereocenters. The predicted molar refractivity (Wildman–Crippen MR) is 124 cm³/mol. The highest BCUT2D eigenvalue weighted by Crippen LogP contribution is 2.36. The Kier molecular flexibility index (Phi) is 5.99. The minimum atomic E-state index is -1.01. The van der Waals surface area contributed by atoms with E-state index in [1.54, 1.807) is 12.1 Å². The number of aromatic nitrogens is 2. The number of nitrogens with zero attached hydrogens (tertiary/aromatic N) is 2. The zero-order valence-electron chi connectivity index (χ0n) is 17.0. The Balaban J connectivity index is 1.48. The molecule has 0 aliphatic heterocycles. The Bertz CT molecular complexity index is 1240. The van der Waals surface area contributed by atoms with Crippen LogP contribution >= 0.6 is 11.3 Å². The van der Waals surface area contributed by atoms with E-state index in [0.717, 1.165) is 39.8 Å². The molecule has 8 heteroatoms. The van der Waals surface area contributed by atoms with Crippen LogP contribution < -0.4 is 15.8 Å². The van der Waals surface area contributed by atoms with Crippen LogP contribution in [0.4, 0.5) is 11.5 Å². The number of hydrogen-bond donors (Lipinski definition) is 3.